The second kappa shape index (κ2) is 11.8. The van der Waals surface area contributed by atoms with Crippen LogP contribution in [0, 0.1) is 0 Å². The zero-order chi connectivity index (χ0) is 20.3. The molecule has 1 rings (SSSR count). The summed E-state index contributed by atoms with van der Waals surface area (Å²) in [5.41, 5.74) is -0.130. The fourth-order valence-electron chi connectivity index (χ4n) is 2.10. The van der Waals surface area contributed by atoms with Gasteiger partial charge in [0.15, 0.2) is 0 Å². The summed E-state index contributed by atoms with van der Waals surface area (Å²) in [6.07, 6.45) is 0.657. The highest BCUT2D eigenvalue weighted by molar-refractivity contribution is 7.61. The Morgan fingerprint density at radius 3 is 1.85 bits per heavy atom. The van der Waals surface area contributed by atoms with Gasteiger partial charge in [0.05, 0.1) is 26.4 Å². The number of hydrogen-bond acceptors (Lipinski definition) is 10. The molecule has 12 heteroatoms. The summed E-state index contributed by atoms with van der Waals surface area (Å²) in [5.74, 6) is 0.333. The predicted molar refractivity (Wildman–Crippen MR) is 104 cm³/mol. The van der Waals surface area contributed by atoms with Crippen molar-refractivity contribution in [1.29, 1.82) is 0 Å². The molecule has 1 heterocycles. The number of nitrogens with zero attached hydrogens (tertiary/aromatic N) is 3. The van der Waals surface area contributed by atoms with Gasteiger partial charge in [-0.3, -0.25) is 9.13 Å². The van der Waals surface area contributed by atoms with Crippen LogP contribution >= 0.6 is 15.2 Å². The largest absolute Gasteiger partial charge is 0.398 e. The average molecular weight is 424 g/mol. The predicted octanol–water partition coefficient (Wildman–Crippen LogP) is 3.35. The lowest BCUT2D eigenvalue weighted by atomic mass is 10.5. The van der Waals surface area contributed by atoms with E-state index in [1.54, 1.807) is 27.7 Å². The van der Waals surface area contributed by atoms with E-state index in [0.29, 0.717) is 6.54 Å². The van der Waals surface area contributed by atoms with E-state index < -0.39 is 15.2 Å². The van der Waals surface area contributed by atoms with Crippen LogP contribution in [0.4, 0.5) is 5.95 Å². The summed E-state index contributed by atoms with van der Waals surface area (Å²) in [5, 5.41) is 3.02. The lowest BCUT2D eigenvalue weighted by Crippen LogP contribution is -2.23. The monoisotopic (exact) mass is 424 g/mol. The van der Waals surface area contributed by atoms with Crippen molar-refractivity contribution in [3.63, 3.8) is 0 Å². The quantitative estimate of drug-likeness (QED) is 0.445. The first-order chi connectivity index (χ1) is 12.9. The first-order valence-electron chi connectivity index (χ1n) is 9.12. The van der Waals surface area contributed by atoms with Gasteiger partial charge < -0.3 is 23.4 Å². The highest BCUT2D eigenvalue weighted by Crippen LogP contribution is 2.51. The summed E-state index contributed by atoms with van der Waals surface area (Å²) >= 11 is 0. The van der Waals surface area contributed by atoms with Crippen LogP contribution in [0.1, 0.15) is 46.9 Å². The molecule has 0 atom stereocenters. The van der Waals surface area contributed by atoms with Gasteiger partial charge in [-0.05, 0) is 34.1 Å². The summed E-state index contributed by atoms with van der Waals surface area (Å²) in [6.45, 7) is 10.2. The molecule has 0 saturated carbocycles. The Balaban J connectivity index is 3.34. The number of nitrogens with one attached hydrogen (secondary N) is 1. The minimum absolute atomic E-state index is 0.128. The summed E-state index contributed by atoms with van der Waals surface area (Å²) < 4.78 is 47.1. The van der Waals surface area contributed by atoms with E-state index in [1.165, 1.54) is 0 Å². The molecule has 0 fully saturated rings. The first-order valence-corrected chi connectivity index (χ1v) is 12.4. The Morgan fingerprint density at radius 2 is 1.37 bits per heavy atom. The van der Waals surface area contributed by atoms with Gasteiger partial charge in [-0.2, -0.15) is 9.97 Å². The van der Waals surface area contributed by atoms with Gasteiger partial charge in [-0.1, -0.05) is 6.92 Å². The molecule has 0 saturated heterocycles. The Labute approximate surface area is 160 Å². The Bertz CT molecular complexity index is 656. The second-order valence-corrected chi connectivity index (χ2v) is 9.21. The van der Waals surface area contributed by atoms with Crippen LogP contribution in [-0.4, -0.2) is 47.9 Å². The number of aromatic nitrogens is 3. The fraction of sp³-hybridized carbons (Fsp3) is 0.800. The third-order valence-corrected chi connectivity index (χ3v) is 6.89. The molecule has 156 valence electrons. The van der Waals surface area contributed by atoms with E-state index >= 15 is 0 Å². The first kappa shape index (κ1) is 24.1. The van der Waals surface area contributed by atoms with Crippen molar-refractivity contribution in [2.75, 3.05) is 38.3 Å². The average Bonchev–Trinajstić information content (AvgIpc) is 2.60. The number of anilines is 1. The van der Waals surface area contributed by atoms with Gasteiger partial charge >= 0.3 is 15.2 Å². The second-order valence-electron chi connectivity index (χ2n) is 5.24. The third kappa shape index (κ3) is 7.56. The van der Waals surface area contributed by atoms with Crippen LogP contribution < -0.4 is 10.9 Å². The van der Waals surface area contributed by atoms with E-state index in [-0.39, 0.29) is 49.9 Å². The van der Waals surface area contributed by atoms with Gasteiger partial charge in [-0.25, -0.2) is 4.98 Å². The molecule has 1 aromatic heterocycles. The normalized spacial score (nSPS) is 12.3. The molecule has 10 nitrogen and oxygen atoms in total. The van der Waals surface area contributed by atoms with Crippen molar-refractivity contribution in [2.45, 2.75) is 47.2 Å². The molecule has 1 N–H and O–H groups in total. The molecule has 0 aliphatic carbocycles. The van der Waals surface area contributed by atoms with E-state index in [2.05, 4.69) is 20.3 Å². The fourth-order valence-corrected chi connectivity index (χ4v) is 5.08. The Morgan fingerprint density at radius 1 is 0.815 bits per heavy atom. The summed E-state index contributed by atoms with van der Waals surface area (Å²) in [7, 11) is -7.17. The standard InChI is InChI=1S/C15H30N4O6P2/c1-6-11-16-14-17-13(12-26(20,22-7-2)23-8-3)18-15(19-14)27(21,24-9-4)25-10-5/h6-12H2,1-5H3,(H,16,17,18,19). The summed E-state index contributed by atoms with van der Waals surface area (Å²) in [4.78, 5) is 12.6. The van der Waals surface area contributed by atoms with Crippen LogP contribution in [0.3, 0.4) is 0 Å². The number of rotatable bonds is 14. The van der Waals surface area contributed by atoms with Crippen molar-refractivity contribution in [3.05, 3.63) is 5.82 Å². The molecule has 0 aliphatic heterocycles. The maximum Gasteiger partial charge on any atom is 0.398 e. The van der Waals surface area contributed by atoms with E-state index in [9.17, 15) is 9.13 Å². The topological polar surface area (TPSA) is 122 Å². The summed E-state index contributed by atoms with van der Waals surface area (Å²) in [6, 6.07) is 0. The van der Waals surface area contributed by atoms with Crippen LogP contribution in [-0.2, 0) is 33.4 Å². The maximum atomic E-state index is 13.1. The van der Waals surface area contributed by atoms with Crippen LogP contribution in [0.2, 0.25) is 0 Å². The van der Waals surface area contributed by atoms with Crippen molar-refractivity contribution < 1.29 is 27.2 Å². The van der Waals surface area contributed by atoms with Gasteiger partial charge in [0.2, 0.25) is 11.5 Å². The Hall–Kier alpha value is -0.890. The SMILES string of the molecule is CCCNc1nc(CP(=O)(OCC)OCC)nc(P(=O)(OCC)OCC)n1. The van der Waals surface area contributed by atoms with Crippen molar-refractivity contribution in [1.82, 2.24) is 15.0 Å². The minimum atomic E-state index is -3.73. The third-order valence-electron chi connectivity index (χ3n) is 3.03. The van der Waals surface area contributed by atoms with Crippen LogP contribution in [0.5, 0.6) is 0 Å². The molecule has 0 radical (unpaired) electrons. The highest BCUT2D eigenvalue weighted by Gasteiger charge is 2.34. The van der Waals surface area contributed by atoms with Crippen LogP contribution in [0.15, 0.2) is 0 Å². The molecule has 0 unspecified atom stereocenters. The molecular formula is C15H30N4O6P2. The van der Waals surface area contributed by atoms with E-state index in [4.69, 9.17) is 18.1 Å². The molecule has 0 aliphatic rings. The molecule has 0 bridgehead atoms. The molecule has 1 aromatic rings. The van der Waals surface area contributed by atoms with Gasteiger partial charge in [0, 0.05) is 6.54 Å². The lowest BCUT2D eigenvalue weighted by Gasteiger charge is -2.19. The molecule has 0 amide bonds. The Kier molecular flexibility index (Phi) is 10.6. The van der Waals surface area contributed by atoms with Crippen LogP contribution in [0.25, 0.3) is 0 Å². The van der Waals surface area contributed by atoms with Gasteiger partial charge in [0.1, 0.15) is 12.0 Å². The number of hydrogen-bond donors (Lipinski definition) is 1. The molecular weight excluding hydrogens is 394 g/mol. The highest BCUT2D eigenvalue weighted by atomic mass is 31.2. The lowest BCUT2D eigenvalue weighted by molar-refractivity contribution is 0.218. The zero-order valence-corrected chi connectivity index (χ0v) is 18.4. The van der Waals surface area contributed by atoms with Gasteiger partial charge in [-0.15, -0.1) is 0 Å². The van der Waals surface area contributed by atoms with Crippen molar-refractivity contribution in [3.8, 4) is 0 Å². The molecule has 0 spiro atoms. The van der Waals surface area contributed by atoms with E-state index in [0.717, 1.165) is 6.42 Å². The molecule has 27 heavy (non-hydrogen) atoms. The van der Waals surface area contributed by atoms with Crippen molar-refractivity contribution >= 4 is 26.7 Å². The minimum Gasteiger partial charge on any atom is -0.354 e. The molecule has 0 aromatic carbocycles. The smallest absolute Gasteiger partial charge is 0.354 e. The van der Waals surface area contributed by atoms with Gasteiger partial charge in [0.25, 0.3) is 0 Å². The maximum absolute atomic E-state index is 13.1. The van der Waals surface area contributed by atoms with E-state index in [1.807, 2.05) is 6.92 Å². The zero-order valence-electron chi connectivity index (χ0n) is 16.6. The van der Waals surface area contributed by atoms with Crippen molar-refractivity contribution in [2.24, 2.45) is 0 Å².